The van der Waals surface area contributed by atoms with Crippen molar-refractivity contribution in [1.82, 2.24) is 10.6 Å². The average molecular weight is 247 g/mol. The molecule has 0 radical (unpaired) electrons. The van der Waals surface area contributed by atoms with Crippen LogP contribution in [0.15, 0.2) is 24.3 Å². The molecule has 5 heteroatoms. The molecule has 0 spiro atoms. The molecule has 96 valence electrons. The summed E-state index contributed by atoms with van der Waals surface area (Å²) in [7, 11) is 0. The van der Waals surface area contributed by atoms with Crippen LogP contribution >= 0.6 is 0 Å². The molecule has 2 amide bonds. The third-order valence-electron chi connectivity index (χ3n) is 2.58. The summed E-state index contributed by atoms with van der Waals surface area (Å²) in [6, 6.07) is 8.51. The summed E-state index contributed by atoms with van der Waals surface area (Å²) in [5.41, 5.74) is 1.51. The topological polar surface area (TPSA) is 85.2 Å². The number of nitrogens with zero attached hydrogens (tertiary/aromatic N) is 1. The number of amides is 2. The number of nitrogens with one attached hydrogen (secondary N) is 2. The van der Waals surface area contributed by atoms with E-state index in [1.165, 1.54) is 0 Å². The second kappa shape index (κ2) is 7.30. The molecule has 0 saturated heterocycles. The van der Waals surface area contributed by atoms with Crippen molar-refractivity contribution in [2.45, 2.75) is 25.9 Å². The van der Waals surface area contributed by atoms with Gasteiger partial charge >= 0.3 is 6.03 Å². The molecule has 0 saturated carbocycles. The zero-order valence-electron chi connectivity index (χ0n) is 10.3. The lowest BCUT2D eigenvalue weighted by Gasteiger charge is -2.14. The normalized spacial score (nSPS) is 11.4. The molecule has 0 aromatic heterocycles. The minimum absolute atomic E-state index is 0.0687. The minimum atomic E-state index is -0.305. The van der Waals surface area contributed by atoms with Gasteiger partial charge < -0.3 is 15.7 Å². The lowest BCUT2D eigenvalue weighted by molar-refractivity contribution is 0.214. The zero-order valence-corrected chi connectivity index (χ0v) is 10.3. The number of aliphatic hydroxyl groups is 1. The fourth-order valence-corrected chi connectivity index (χ4v) is 1.39. The van der Waals surface area contributed by atoms with Gasteiger partial charge in [-0.3, -0.25) is 0 Å². The Bertz CT molecular complexity index is 419. The molecule has 18 heavy (non-hydrogen) atoms. The Balaban J connectivity index is 2.40. The van der Waals surface area contributed by atoms with E-state index in [2.05, 4.69) is 10.6 Å². The quantitative estimate of drug-likeness (QED) is 0.729. The molecule has 1 aromatic carbocycles. The second-order valence-corrected chi connectivity index (χ2v) is 3.92. The van der Waals surface area contributed by atoms with Gasteiger partial charge in [0.15, 0.2) is 0 Å². The van der Waals surface area contributed by atoms with E-state index in [0.717, 1.165) is 5.56 Å². The monoisotopic (exact) mass is 247 g/mol. The van der Waals surface area contributed by atoms with Gasteiger partial charge in [0.2, 0.25) is 0 Å². The van der Waals surface area contributed by atoms with Gasteiger partial charge in [-0.1, -0.05) is 19.1 Å². The predicted octanol–water partition coefficient (Wildman–Crippen LogP) is 1.13. The summed E-state index contributed by atoms with van der Waals surface area (Å²) in [5.74, 6) is 0. The maximum Gasteiger partial charge on any atom is 0.315 e. The van der Waals surface area contributed by atoms with E-state index in [4.69, 9.17) is 10.4 Å². The van der Waals surface area contributed by atoms with Crippen molar-refractivity contribution in [3.63, 3.8) is 0 Å². The molecule has 0 aliphatic rings. The van der Waals surface area contributed by atoms with E-state index in [-0.39, 0.29) is 18.7 Å². The molecule has 1 rings (SSSR count). The first-order valence-electron chi connectivity index (χ1n) is 5.83. The number of aliphatic hydroxyl groups excluding tert-OH is 1. The van der Waals surface area contributed by atoms with Gasteiger partial charge in [0.1, 0.15) is 0 Å². The van der Waals surface area contributed by atoms with Crippen molar-refractivity contribution in [3.8, 4) is 6.07 Å². The van der Waals surface area contributed by atoms with Crippen molar-refractivity contribution in [1.29, 1.82) is 5.26 Å². The molecule has 0 fully saturated rings. The number of carbonyl (C=O) groups excluding carboxylic acids is 1. The number of urea groups is 1. The van der Waals surface area contributed by atoms with Crippen LogP contribution in [0.4, 0.5) is 4.79 Å². The molecule has 1 aromatic rings. The highest BCUT2D eigenvalue weighted by Crippen LogP contribution is 2.02. The standard InChI is InChI=1S/C13H17N3O2/c1-2-12(9-17)16-13(18)15-8-11-5-3-10(7-14)4-6-11/h3-6,12,17H,2,8-9H2,1H3,(H2,15,16,18). The minimum Gasteiger partial charge on any atom is -0.394 e. The summed E-state index contributed by atoms with van der Waals surface area (Å²) < 4.78 is 0. The van der Waals surface area contributed by atoms with Crippen LogP contribution in [0.1, 0.15) is 24.5 Å². The van der Waals surface area contributed by atoms with Crippen LogP contribution in [0.5, 0.6) is 0 Å². The van der Waals surface area contributed by atoms with E-state index < -0.39 is 0 Å². The van der Waals surface area contributed by atoms with Gasteiger partial charge in [0.25, 0.3) is 0 Å². The van der Waals surface area contributed by atoms with Crippen LogP contribution in [0.3, 0.4) is 0 Å². The number of hydrogen-bond donors (Lipinski definition) is 3. The van der Waals surface area contributed by atoms with Gasteiger partial charge in [-0.15, -0.1) is 0 Å². The SMILES string of the molecule is CCC(CO)NC(=O)NCc1ccc(C#N)cc1. The van der Waals surface area contributed by atoms with Crippen molar-refractivity contribution in [2.24, 2.45) is 0 Å². The zero-order chi connectivity index (χ0) is 13.4. The number of rotatable bonds is 5. The van der Waals surface area contributed by atoms with Gasteiger partial charge in [-0.2, -0.15) is 5.26 Å². The van der Waals surface area contributed by atoms with Crippen LogP contribution < -0.4 is 10.6 Å². The molecule has 3 N–H and O–H groups in total. The number of nitriles is 1. The Morgan fingerprint density at radius 1 is 1.44 bits per heavy atom. The van der Waals surface area contributed by atoms with E-state index in [0.29, 0.717) is 18.5 Å². The third kappa shape index (κ3) is 4.44. The van der Waals surface area contributed by atoms with Crippen molar-refractivity contribution in [2.75, 3.05) is 6.61 Å². The van der Waals surface area contributed by atoms with Crippen LogP contribution in [0.25, 0.3) is 0 Å². The summed E-state index contributed by atoms with van der Waals surface area (Å²) in [5, 5.41) is 22.9. The molecule has 0 bridgehead atoms. The Labute approximate surface area is 106 Å². The number of carbonyl (C=O) groups is 1. The summed E-state index contributed by atoms with van der Waals surface area (Å²) in [4.78, 5) is 11.5. The lowest BCUT2D eigenvalue weighted by Crippen LogP contribution is -2.43. The second-order valence-electron chi connectivity index (χ2n) is 3.92. The van der Waals surface area contributed by atoms with E-state index in [1.807, 2.05) is 13.0 Å². The molecule has 0 heterocycles. The molecule has 5 nitrogen and oxygen atoms in total. The van der Waals surface area contributed by atoms with Crippen molar-refractivity contribution < 1.29 is 9.90 Å². The summed E-state index contributed by atoms with van der Waals surface area (Å²) in [6.45, 7) is 2.21. The Morgan fingerprint density at radius 3 is 2.61 bits per heavy atom. The fraction of sp³-hybridized carbons (Fsp3) is 0.385. The molecule has 0 aliphatic carbocycles. The number of hydrogen-bond acceptors (Lipinski definition) is 3. The smallest absolute Gasteiger partial charge is 0.315 e. The van der Waals surface area contributed by atoms with Crippen molar-refractivity contribution >= 4 is 6.03 Å². The first-order chi connectivity index (χ1) is 8.69. The van der Waals surface area contributed by atoms with Crippen molar-refractivity contribution in [3.05, 3.63) is 35.4 Å². The van der Waals surface area contributed by atoms with Gasteiger partial charge in [-0.05, 0) is 24.1 Å². The maximum atomic E-state index is 11.5. The molecular formula is C13H17N3O2. The predicted molar refractivity (Wildman–Crippen MR) is 67.7 cm³/mol. The largest absolute Gasteiger partial charge is 0.394 e. The maximum absolute atomic E-state index is 11.5. The Kier molecular flexibility index (Phi) is 5.68. The van der Waals surface area contributed by atoms with Crippen LogP contribution in [-0.4, -0.2) is 23.8 Å². The lowest BCUT2D eigenvalue weighted by atomic mass is 10.1. The molecule has 0 aliphatic heterocycles. The van der Waals surface area contributed by atoms with Crippen LogP contribution in [0.2, 0.25) is 0 Å². The fourth-order valence-electron chi connectivity index (χ4n) is 1.39. The van der Waals surface area contributed by atoms with E-state index in [1.54, 1.807) is 24.3 Å². The third-order valence-corrected chi connectivity index (χ3v) is 2.58. The molecule has 1 atom stereocenters. The van der Waals surface area contributed by atoms with E-state index in [9.17, 15) is 4.79 Å². The Morgan fingerprint density at radius 2 is 2.11 bits per heavy atom. The Hall–Kier alpha value is -2.06. The van der Waals surface area contributed by atoms with Gasteiger partial charge in [0.05, 0.1) is 24.3 Å². The van der Waals surface area contributed by atoms with Gasteiger partial charge in [0, 0.05) is 6.54 Å². The summed E-state index contributed by atoms with van der Waals surface area (Å²) in [6.07, 6.45) is 0.681. The van der Waals surface area contributed by atoms with E-state index >= 15 is 0 Å². The summed E-state index contributed by atoms with van der Waals surface area (Å²) >= 11 is 0. The highest BCUT2D eigenvalue weighted by molar-refractivity contribution is 5.74. The van der Waals surface area contributed by atoms with Gasteiger partial charge in [-0.25, -0.2) is 4.79 Å². The highest BCUT2D eigenvalue weighted by Gasteiger charge is 2.08. The van der Waals surface area contributed by atoms with Crippen LogP contribution in [0, 0.1) is 11.3 Å². The first-order valence-corrected chi connectivity index (χ1v) is 5.83. The average Bonchev–Trinajstić information content (AvgIpc) is 2.43. The molecular weight excluding hydrogens is 230 g/mol. The van der Waals surface area contributed by atoms with Crippen LogP contribution in [-0.2, 0) is 6.54 Å². The number of benzene rings is 1. The first kappa shape index (κ1) is 14.0. The molecule has 1 unspecified atom stereocenters. The highest BCUT2D eigenvalue weighted by atomic mass is 16.3.